The Morgan fingerprint density at radius 3 is 2.76 bits per heavy atom. The van der Waals surface area contributed by atoms with Gasteiger partial charge in [0.2, 0.25) is 10.0 Å². The van der Waals surface area contributed by atoms with Gasteiger partial charge in [-0.3, -0.25) is 9.78 Å². The molecule has 0 saturated carbocycles. The monoisotopic (exact) mass is 394 g/mol. The number of nitrogens with zero attached hydrogens (tertiary/aromatic N) is 3. The largest absolute Gasteiger partial charge is 0.283 e. The van der Waals surface area contributed by atoms with Crippen LogP contribution in [-0.4, -0.2) is 35.5 Å². The number of carbonyl (C=O) groups excluding carboxylic acids is 1. The zero-order chi connectivity index (χ0) is 18.0. The second-order valence-corrected chi connectivity index (χ2v) is 8.25. The van der Waals surface area contributed by atoms with Crippen LogP contribution in [0.2, 0.25) is 5.02 Å². The second kappa shape index (κ2) is 6.87. The molecule has 0 saturated heterocycles. The number of rotatable bonds is 4. The Balaban J connectivity index is 1.91. The summed E-state index contributed by atoms with van der Waals surface area (Å²) in [5, 5.41) is 1.21. The molecule has 7 nitrogen and oxygen atoms in total. The molecule has 0 aliphatic heterocycles. The Labute approximate surface area is 152 Å². The second-order valence-electron chi connectivity index (χ2n) is 5.03. The van der Waals surface area contributed by atoms with Gasteiger partial charge in [0, 0.05) is 24.2 Å². The molecule has 0 spiro atoms. The van der Waals surface area contributed by atoms with E-state index in [4.69, 9.17) is 11.6 Å². The molecule has 128 valence electrons. The molecule has 25 heavy (non-hydrogen) atoms. The molecule has 3 aromatic heterocycles. The molecule has 0 atom stereocenters. The standard InChI is InChI=1S/C15H11ClN4O3S2/c1-25(22,23)20-14(21)12-4-2-3-11(19-12)13-8-18-15(24-13)9-5-10(16)7-17-6-9/h2-8H,1H3,(H,20,21). The van der Waals surface area contributed by atoms with Gasteiger partial charge < -0.3 is 0 Å². The highest BCUT2D eigenvalue weighted by molar-refractivity contribution is 7.89. The SMILES string of the molecule is CS(=O)(=O)NC(=O)c1cccc(-c2cnc(-c3cncc(Cl)c3)s2)n1. The normalized spacial score (nSPS) is 11.3. The summed E-state index contributed by atoms with van der Waals surface area (Å²) < 4.78 is 24.2. The van der Waals surface area contributed by atoms with E-state index < -0.39 is 15.9 Å². The molecule has 0 unspecified atom stereocenters. The van der Waals surface area contributed by atoms with Gasteiger partial charge in [-0.2, -0.15) is 0 Å². The Kier molecular flexibility index (Phi) is 4.80. The topological polar surface area (TPSA) is 102 Å². The minimum Gasteiger partial charge on any atom is -0.266 e. The predicted octanol–water partition coefficient (Wildman–Crippen LogP) is 2.61. The maximum absolute atomic E-state index is 11.9. The van der Waals surface area contributed by atoms with Gasteiger partial charge in [-0.05, 0) is 18.2 Å². The van der Waals surface area contributed by atoms with Gasteiger partial charge in [0.15, 0.2) is 0 Å². The maximum atomic E-state index is 11.9. The molecular formula is C15H11ClN4O3S2. The highest BCUT2D eigenvalue weighted by Gasteiger charge is 2.14. The number of sulfonamides is 1. The lowest BCUT2D eigenvalue weighted by atomic mass is 10.3. The van der Waals surface area contributed by atoms with E-state index in [0.717, 1.165) is 16.7 Å². The van der Waals surface area contributed by atoms with Gasteiger partial charge in [0.25, 0.3) is 5.91 Å². The van der Waals surface area contributed by atoms with Crippen LogP contribution in [0.4, 0.5) is 0 Å². The lowest BCUT2D eigenvalue weighted by molar-refractivity contribution is 0.0977. The summed E-state index contributed by atoms with van der Waals surface area (Å²) in [5.74, 6) is -0.784. The first-order chi connectivity index (χ1) is 11.8. The minimum absolute atomic E-state index is 0.00213. The van der Waals surface area contributed by atoms with E-state index in [-0.39, 0.29) is 5.69 Å². The summed E-state index contributed by atoms with van der Waals surface area (Å²) >= 11 is 7.29. The van der Waals surface area contributed by atoms with Crippen molar-refractivity contribution >= 4 is 38.9 Å². The number of amides is 1. The molecule has 0 fully saturated rings. The van der Waals surface area contributed by atoms with Crippen LogP contribution < -0.4 is 4.72 Å². The van der Waals surface area contributed by atoms with Crippen molar-refractivity contribution in [2.45, 2.75) is 0 Å². The summed E-state index contributed by atoms with van der Waals surface area (Å²) in [4.78, 5) is 25.2. The number of halogens is 1. The Hall–Kier alpha value is -2.36. The van der Waals surface area contributed by atoms with Crippen molar-refractivity contribution in [2.24, 2.45) is 0 Å². The highest BCUT2D eigenvalue weighted by atomic mass is 35.5. The molecule has 3 aromatic rings. The van der Waals surface area contributed by atoms with Gasteiger partial charge >= 0.3 is 0 Å². The molecule has 0 aliphatic rings. The molecule has 0 aliphatic carbocycles. The highest BCUT2D eigenvalue weighted by Crippen LogP contribution is 2.31. The lowest BCUT2D eigenvalue weighted by Crippen LogP contribution is -2.30. The predicted molar refractivity (Wildman–Crippen MR) is 95.9 cm³/mol. The fraction of sp³-hybridized carbons (Fsp3) is 0.0667. The van der Waals surface area contributed by atoms with Crippen LogP contribution in [-0.2, 0) is 10.0 Å². The fourth-order valence-corrected chi connectivity index (χ4v) is 3.46. The Morgan fingerprint density at radius 1 is 1.24 bits per heavy atom. The van der Waals surface area contributed by atoms with Crippen LogP contribution in [0.25, 0.3) is 21.1 Å². The van der Waals surface area contributed by atoms with E-state index in [1.54, 1.807) is 30.6 Å². The van der Waals surface area contributed by atoms with E-state index in [1.165, 1.54) is 23.6 Å². The van der Waals surface area contributed by atoms with Gasteiger partial charge in [0.05, 0.1) is 21.8 Å². The van der Waals surface area contributed by atoms with Gasteiger partial charge in [-0.15, -0.1) is 11.3 Å². The summed E-state index contributed by atoms with van der Waals surface area (Å²) in [5.41, 5.74) is 1.29. The Bertz CT molecular complexity index is 1050. The first-order valence-corrected chi connectivity index (χ1v) is 9.97. The van der Waals surface area contributed by atoms with E-state index in [2.05, 4.69) is 15.0 Å². The van der Waals surface area contributed by atoms with Crippen LogP contribution in [0.3, 0.4) is 0 Å². The number of hydrogen-bond acceptors (Lipinski definition) is 7. The summed E-state index contributed by atoms with van der Waals surface area (Å²) in [6, 6.07) is 6.53. The van der Waals surface area contributed by atoms with Crippen molar-refractivity contribution in [3.8, 4) is 21.1 Å². The molecule has 1 N–H and O–H groups in total. The van der Waals surface area contributed by atoms with Gasteiger partial charge in [-0.1, -0.05) is 17.7 Å². The molecule has 0 bridgehead atoms. The molecule has 10 heteroatoms. The number of aromatic nitrogens is 3. The van der Waals surface area contributed by atoms with E-state index in [9.17, 15) is 13.2 Å². The van der Waals surface area contributed by atoms with Crippen LogP contribution in [0.1, 0.15) is 10.5 Å². The molecular weight excluding hydrogens is 384 g/mol. The van der Waals surface area contributed by atoms with Crippen molar-refractivity contribution in [2.75, 3.05) is 6.26 Å². The summed E-state index contributed by atoms with van der Waals surface area (Å²) in [6.45, 7) is 0. The van der Waals surface area contributed by atoms with Crippen molar-refractivity contribution in [3.63, 3.8) is 0 Å². The fourth-order valence-electron chi connectivity index (χ4n) is 1.97. The number of nitrogens with one attached hydrogen (secondary N) is 1. The third-order valence-corrected chi connectivity index (χ3v) is 4.80. The summed E-state index contributed by atoms with van der Waals surface area (Å²) in [7, 11) is -3.65. The summed E-state index contributed by atoms with van der Waals surface area (Å²) in [6.07, 6.45) is 5.72. The third kappa shape index (κ3) is 4.38. The average Bonchev–Trinajstić information content (AvgIpc) is 3.03. The lowest BCUT2D eigenvalue weighted by Gasteiger charge is -2.03. The molecule has 0 radical (unpaired) electrons. The average molecular weight is 395 g/mol. The zero-order valence-electron chi connectivity index (χ0n) is 12.8. The first kappa shape index (κ1) is 17.5. The quantitative estimate of drug-likeness (QED) is 0.729. The minimum atomic E-state index is -3.65. The van der Waals surface area contributed by atoms with Crippen molar-refractivity contribution < 1.29 is 13.2 Å². The van der Waals surface area contributed by atoms with Crippen molar-refractivity contribution in [3.05, 3.63) is 53.6 Å². The zero-order valence-corrected chi connectivity index (χ0v) is 15.2. The van der Waals surface area contributed by atoms with Crippen molar-refractivity contribution in [1.29, 1.82) is 0 Å². The molecule has 0 aromatic carbocycles. The van der Waals surface area contributed by atoms with Crippen LogP contribution in [0, 0.1) is 0 Å². The van der Waals surface area contributed by atoms with Crippen LogP contribution >= 0.6 is 22.9 Å². The van der Waals surface area contributed by atoms with Crippen molar-refractivity contribution in [1.82, 2.24) is 19.7 Å². The number of hydrogen-bond donors (Lipinski definition) is 1. The van der Waals surface area contributed by atoms with E-state index in [1.807, 2.05) is 4.72 Å². The Morgan fingerprint density at radius 2 is 2.04 bits per heavy atom. The maximum Gasteiger partial charge on any atom is 0.283 e. The van der Waals surface area contributed by atoms with E-state index >= 15 is 0 Å². The van der Waals surface area contributed by atoms with E-state index in [0.29, 0.717) is 15.7 Å². The molecule has 3 heterocycles. The molecule has 3 rings (SSSR count). The number of pyridine rings is 2. The first-order valence-electron chi connectivity index (χ1n) is 6.88. The number of carbonyl (C=O) groups is 1. The van der Waals surface area contributed by atoms with Gasteiger partial charge in [0.1, 0.15) is 10.7 Å². The third-order valence-electron chi connectivity index (χ3n) is 2.97. The van der Waals surface area contributed by atoms with Crippen LogP contribution in [0.15, 0.2) is 42.9 Å². The number of thiazole rings is 1. The smallest absolute Gasteiger partial charge is 0.266 e. The van der Waals surface area contributed by atoms with Gasteiger partial charge in [-0.25, -0.2) is 23.1 Å². The molecule has 1 amide bonds. The van der Waals surface area contributed by atoms with Crippen LogP contribution in [0.5, 0.6) is 0 Å².